The lowest BCUT2D eigenvalue weighted by atomic mass is 9.82. The molecule has 1 unspecified atom stereocenters. The normalized spacial score (nSPS) is 17.1. The number of hydrogen-bond donors (Lipinski definition) is 0. The zero-order chi connectivity index (χ0) is 19.9. The van der Waals surface area contributed by atoms with Crippen molar-refractivity contribution in [2.24, 2.45) is 5.92 Å². The molecule has 0 N–H and O–H groups in total. The molecule has 0 fully saturated rings. The molecule has 0 aromatic rings. The molecular weight excluding hydrogens is 320 g/mol. The van der Waals surface area contributed by atoms with Gasteiger partial charge in [0.1, 0.15) is 0 Å². The fraction of sp³-hybridized carbons (Fsp3) is 0.583. The second-order valence-corrected chi connectivity index (χ2v) is 8.10. The van der Waals surface area contributed by atoms with Crippen LogP contribution in [0.3, 0.4) is 0 Å². The van der Waals surface area contributed by atoms with Crippen molar-refractivity contribution in [2.75, 3.05) is 0 Å². The van der Waals surface area contributed by atoms with Crippen LogP contribution in [0.4, 0.5) is 0 Å². The SMILES string of the molecule is CC(C)=CCC/C(C)=C/CCC(C)CCC1=C(C)C(=O)C(C)=C(C)C1=O. The van der Waals surface area contributed by atoms with E-state index in [1.54, 1.807) is 20.8 Å². The molecule has 0 radical (unpaired) electrons. The molecule has 0 aliphatic heterocycles. The summed E-state index contributed by atoms with van der Waals surface area (Å²) in [6, 6.07) is 0. The Bertz CT molecular complexity index is 664. The zero-order valence-electron chi connectivity index (χ0n) is 17.8. The summed E-state index contributed by atoms with van der Waals surface area (Å²) in [6.45, 7) is 14.1. The highest BCUT2D eigenvalue weighted by atomic mass is 16.1. The third-order valence-electron chi connectivity index (χ3n) is 5.44. The molecule has 0 aromatic carbocycles. The van der Waals surface area contributed by atoms with Crippen LogP contribution in [-0.2, 0) is 9.59 Å². The first kappa shape index (κ1) is 22.3. The highest BCUT2D eigenvalue weighted by Crippen LogP contribution is 2.28. The van der Waals surface area contributed by atoms with Crippen LogP contribution in [0.1, 0.15) is 87.0 Å². The fourth-order valence-electron chi connectivity index (χ4n) is 3.30. The van der Waals surface area contributed by atoms with Gasteiger partial charge in [-0.2, -0.15) is 0 Å². The maximum Gasteiger partial charge on any atom is 0.185 e. The van der Waals surface area contributed by atoms with E-state index in [1.165, 1.54) is 11.1 Å². The molecule has 2 nitrogen and oxygen atoms in total. The first-order chi connectivity index (χ1) is 12.1. The van der Waals surface area contributed by atoms with Gasteiger partial charge in [-0.3, -0.25) is 9.59 Å². The molecule has 144 valence electrons. The van der Waals surface area contributed by atoms with E-state index in [-0.39, 0.29) is 11.6 Å². The second kappa shape index (κ2) is 10.4. The summed E-state index contributed by atoms with van der Waals surface area (Å²) < 4.78 is 0. The molecule has 1 aliphatic rings. The quantitative estimate of drug-likeness (QED) is 0.341. The number of rotatable bonds is 9. The van der Waals surface area contributed by atoms with Gasteiger partial charge in [0.15, 0.2) is 11.6 Å². The molecule has 1 rings (SSSR count). The van der Waals surface area contributed by atoms with Gasteiger partial charge in [0.05, 0.1) is 0 Å². The molecule has 0 aromatic heterocycles. The summed E-state index contributed by atoms with van der Waals surface area (Å²) in [5.41, 5.74) is 5.46. The maximum absolute atomic E-state index is 12.5. The lowest BCUT2D eigenvalue weighted by Crippen LogP contribution is -2.21. The summed E-state index contributed by atoms with van der Waals surface area (Å²) in [6.07, 6.45) is 10.8. The van der Waals surface area contributed by atoms with E-state index in [0.29, 0.717) is 29.1 Å². The molecule has 2 heteroatoms. The van der Waals surface area contributed by atoms with Crippen molar-refractivity contribution in [1.82, 2.24) is 0 Å². The van der Waals surface area contributed by atoms with E-state index in [1.807, 2.05) is 0 Å². The molecule has 0 bridgehead atoms. The van der Waals surface area contributed by atoms with E-state index >= 15 is 0 Å². The molecule has 1 atom stereocenters. The van der Waals surface area contributed by atoms with Crippen LogP contribution in [0.15, 0.2) is 45.6 Å². The van der Waals surface area contributed by atoms with Crippen LogP contribution >= 0.6 is 0 Å². The molecule has 1 aliphatic carbocycles. The lowest BCUT2D eigenvalue weighted by molar-refractivity contribution is -0.116. The fourth-order valence-corrected chi connectivity index (χ4v) is 3.30. The number of carbonyl (C=O) groups is 2. The second-order valence-electron chi connectivity index (χ2n) is 8.10. The standard InChI is InChI=1S/C24H36O2/c1-16(2)10-8-11-17(3)12-9-13-18(4)14-15-22-21(7)23(25)19(5)20(6)24(22)26/h10,12,18H,8-9,11,13-15H2,1-7H3/b17-12+. The largest absolute Gasteiger partial charge is 0.289 e. The van der Waals surface area contributed by atoms with Crippen molar-refractivity contribution in [3.05, 3.63) is 45.6 Å². The van der Waals surface area contributed by atoms with Crippen molar-refractivity contribution in [2.45, 2.75) is 87.0 Å². The molecule has 0 saturated heterocycles. The summed E-state index contributed by atoms with van der Waals surface area (Å²) in [5, 5.41) is 0. The number of allylic oxidation sites excluding steroid dienone is 8. The number of ketones is 2. The van der Waals surface area contributed by atoms with Crippen molar-refractivity contribution < 1.29 is 9.59 Å². The summed E-state index contributed by atoms with van der Waals surface area (Å²) >= 11 is 0. The van der Waals surface area contributed by atoms with Gasteiger partial charge in [-0.25, -0.2) is 0 Å². The molecule has 0 amide bonds. The van der Waals surface area contributed by atoms with Crippen LogP contribution in [0.25, 0.3) is 0 Å². The minimum absolute atomic E-state index is 0.0414. The van der Waals surface area contributed by atoms with E-state index in [4.69, 9.17) is 0 Å². The predicted octanol–water partition coefficient (Wildman–Crippen LogP) is 6.68. The predicted molar refractivity (Wildman–Crippen MR) is 111 cm³/mol. The molecular formula is C24H36O2. The van der Waals surface area contributed by atoms with Gasteiger partial charge in [-0.05, 0) is 86.0 Å². The van der Waals surface area contributed by atoms with Gasteiger partial charge in [0, 0.05) is 22.3 Å². The minimum atomic E-state index is 0.0414. The Kier molecular flexibility index (Phi) is 8.98. The third-order valence-corrected chi connectivity index (χ3v) is 5.44. The summed E-state index contributed by atoms with van der Waals surface area (Å²) in [7, 11) is 0. The monoisotopic (exact) mass is 356 g/mol. The van der Waals surface area contributed by atoms with Gasteiger partial charge >= 0.3 is 0 Å². The van der Waals surface area contributed by atoms with Crippen LogP contribution in [0.2, 0.25) is 0 Å². The molecule has 0 heterocycles. The van der Waals surface area contributed by atoms with Gasteiger partial charge in [-0.1, -0.05) is 30.2 Å². The minimum Gasteiger partial charge on any atom is -0.289 e. The topological polar surface area (TPSA) is 34.1 Å². The highest BCUT2D eigenvalue weighted by molar-refractivity contribution is 6.24. The Morgan fingerprint density at radius 3 is 2.08 bits per heavy atom. The van der Waals surface area contributed by atoms with E-state index < -0.39 is 0 Å². The Labute approximate surface area is 160 Å². The van der Waals surface area contributed by atoms with Gasteiger partial charge in [0.25, 0.3) is 0 Å². The lowest BCUT2D eigenvalue weighted by Gasteiger charge is -2.20. The molecule has 0 spiro atoms. The molecule has 0 saturated carbocycles. The first-order valence-electron chi connectivity index (χ1n) is 9.90. The van der Waals surface area contributed by atoms with E-state index in [9.17, 15) is 9.59 Å². The van der Waals surface area contributed by atoms with Crippen molar-refractivity contribution >= 4 is 11.6 Å². The van der Waals surface area contributed by atoms with E-state index in [0.717, 1.165) is 37.7 Å². The third kappa shape index (κ3) is 6.55. The Morgan fingerprint density at radius 2 is 1.46 bits per heavy atom. The van der Waals surface area contributed by atoms with Crippen molar-refractivity contribution in [1.29, 1.82) is 0 Å². The Morgan fingerprint density at radius 1 is 0.846 bits per heavy atom. The molecule has 26 heavy (non-hydrogen) atoms. The average molecular weight is 357 g/mol. The smallest absolute Gasteiger partial charge is 0.185 e. The number of Topliss-reactive ketones (excluding diaryl/α,β-unsaturated/α-hetero) is 2. The zero-order valence-corrected chi connectivity index (χ0v) is 17.8. The first-order valence-corrected chi connectivity index (χ1v) is 9.90. The van der Waals surface area contributed by atoms with Gasteiger partial charge in [0.2, 0.25) is 0 Å². The van der Waals surface area contributed by atoms with Crippen LogP contribution in [0.5, 0.6) is 0 Å². The van der Waals surface area contributed by atoms with Gasteiger partial charge < -0.3 is 0 Å². The van der Waals surface area contributed by atoms with Crippen molar-refractivity contribution in [3.63, 3.8) is 0 Å². The Hall–Kier alpha value is -1.70. The van der Waals surface area contributed by atoms with Gasteiger partial charge in [-0.15, -0.1) is 0 Å². The van der Waals surface area contributed by atoms with Crippen LogP contribution < -0.4 is 0 Å². The number of carbonyl (C=O) groups excluding carboxylic acids is 2. The Balaban J connectivity index is 2.47. The van der Waals surface area contributed by atoms with Crippen molar-refractivity contribution in [3.8, 4) is 0 Å². The summed E-state index contributed by atoms with van der Waals surface area (Å²) in [5.74, 6) is 0.661. The van der Waals surface area contributed by atoms with E-state index in [2.05, 4.69) is 39.8 Å². The van der Waals surface area contributed by atoms with Crippen LogP contribution in [0, 0.1) is 5.92 Å². The average Bonchev–Trinajstić information content (AvgIpc) is 2.58. The number of hydrogen-bond acceptors (Lipinski definition) is 2. The summed E-state index contributed by atoms with van der Waals surface area (Å²) in [4.78, 5) is 24.7. The highest BCUT2D eigenvalue weighted by Gasteiger charge is 2.27. The maximum atomic E-state index is 12.5. The van der Waals surface area contributed by atoms with Crippen LogP contribution in [-0.4, -0.2) is 11.6 Å².